The molecule has 0 amide bonds. The highest BCUT2D eigenvalue weighted by atomic mass is 16.6. The number of esters is 3. The lowest BCUT2D eigenvalue weighted by atomic mass is 10.1. The normalized spacial score (nSPS) is 12.8. The predicted octanol–water partition coefficient (Wildman–Crippen LogP) is 18.5. The van der Waals surface area contributed by atoms with Gasteiger partial charge in [0.1, 0.15) is 13.2 Å². The maximum Gasteiger partial charge on any atom is 0.306 e. The van der Waals surface area contributed by atoms with E-state index in [2.05, 4.69) is 118 Å². The van der Waals surface area contributed by atoms with Crippen LogP contribution in [-0.2, 0) is 28.6 Å². The maximum atomic E-state index is 12.8. The summed E-state index contributed by atoms with van der Waals surface area (Å²) in [6.07, 6.45) is 72.6. The first-order valence-corrected chi connectivity index (χ1v) is 27.7. The molecule has 0 heterocycles. The molecule has 0 aromatic heterocycles. The first kappa shape index (κ1) is 63.3. The first-order chi connectivity index (χ1) is 33.0. The van der Waals surface area contributed by atoms with Gasteiger partial charge in [0.25, 0.3) is 0 Å². The number of carbonyl (C=O) groups is 3. The molecule has 0 rings (SSSR count). The van der Waals surface area contributed by atoms with Crippen molar-refractivity contribution in [1.29, 1.82) is 0 Å². The van der Waals surface area contributed by atoms with Crippen LogP contribution >= 0.6 is 0 Å². The quantitative estimate of drug-likeness (QED) is 0.0262. The van der Waals surface area contributed by atoms with E-state index >= 15 is 0 Å². The second-order valence-electron chi connectivity index (χ2n) is 18.1. The van der Waals surface area contributed by atoms with E-state index in [9.17, 15) is 14.4 Å². The van der Waals surface area contributed by atoms with E-state index < -0.39 is 6.10 Å². The fraction of sp³-hybridized carbons (Fsp3) is 0.689. The highest BCUT2D eigenvalue weighted by Gasteiger charge is 2.19. The van der Waals surface area contributed by atoms with E-state index in [1.807, 2.05) is 0 Å². The summed E-state index contributed by atoms with van der Waals surface area (Å²) < 4.78 is 16.7. The van der Waals surface area contributed by atoms with Crippen molar-refractivity contribution in [2.75, 3.05) is 13.2 Å². The van der Waals surface area contributed by atoms with E-state index in [1.54, 1.807) is 0 Å². The van der Waals surface area contributed by atoms with Crippen molar-refractivity contribution in [2.24, 2.45) is 0 Å². The fourth-order valence-electron chi connectivity index (χ4n) is 7.33. The molecule has 0 bridgehead atoms. The van der Waals surface area contributed by atoms with Gasteiger partial charge in [0, 0.05) is 19.3 Å². The minimum absolute atomic E-state index is 0.117. The monoisotopic (exact) mass is 931 g/mol. The average Bonchev–Trinajstić information content (AvgIpc) is 3.33. The molecule has 1 atom stereocenters. The van der Waals surface area contributed by atoms with Crippen LogP contribution in [0.25, 0.3) is 0 Å². The largest absolute Gasteiger partial charge is 0.462 e. The standard InChI is InChI=1S/C61H102O6/c1-4-7-10-13-16-19-22-25-28-30-33-36-39-42-45-48-51-54-60(63)66-57-58(56-65-59(62)53-50-47-44-41-38-35-32-27-24-21-18-15-12-9-6-3)67-61(64)55-52-49-46-43-40-37-34-31-29-26-23-20-17-14-11-8-5-2/h16,19,21,24-26,28-29,33-34,36-37,42-43,45-46,58H,4-15,17-18,20,22-23,27,30-32,35,38-41,44,47-57H2,1-3H3/b19-16-,24-21-,28-25-,29-26-,36-33-,37-34-,45-42-,46-43-/t58-/m0/s1. The highest BCUT2D eigenvalue weighted by Crippen LogP contribution is 2.13. The van der Waals surface area contributed by atoms with Gasteiger partial charge in [0.15, 0.2) is 6.10 Å². The molecular weight excluding hydrogens is 829 g/mol. The number of ether oxygens (including phenoxy) is 3. The second kappa shape index (κ2) is 54.9. The molecule has 0 aliphatic heterocycles. The Bertz CT molecular complexity index is 1350. The van der Waals surface area contributed by atoms with Gasteiger partial charge in [0.2, 0.25) is 0 Å². The van der Waals surface area contributed by atoms with Crippen molar-refractivity contribution >= 4 is 17.9 Å². The number of hydrogen-bond acceptors (Lipinski definition) is 6. The molecule has 0 aliphatic rings. The molecule has 6 heteroatoms. The van der Waals surface area contributed by atoms with Gasteiger partial charge in [-0.15, -0.1) is 0 Å². The summed E-state index contributed by atoms with van der Waals surface area (Å²) in [5.74, 6) is -1.03. The Labute approximate surface area is 413 Å². The zero-order chi connectivity index (χ0) is 48.6. The molecule has 0 saturated carbocycles. The lowest BCUT2D eigenvalue weighted by molar-refractivity contribution is -0.167. The van der Waals surface area contributed by atoms with E-state index in [-0.39, 0.29) is 44.0 Å². The number of allylic oxidation sites excluding steroid dienone is 16. The molecule has 0 fully saturated rings. The number of unbranched alkanes of at least 4 members (excludes halogenated alkanes) is 22. The Morgan fingerprint density at radius 2 is 0.552 bits per heavy atom. The summed E-state index contributed by atoms with van der Waals surface area (Å²) in [4.78, 5) is 38.0. The summed E-state index contributed by atoms with van der Waals surface area (Å²) in [6, 6.07) is 0. The van der Waals surface area contributed by atoms with Crippen LogP contribution in [0.3, 0.4) is 0 Å². The summed E-state index contributed by atoms with van der Waals surface area (Å²) in [5, 5.41) is 0. The van der Waals surface area contributed by atoms with Crippen molar-refractivity contribution < 1.29 is 28.6 Å². The zero-order valence-electron chi connectivity index (χ0n) is 43.6. The van der Waals surface area contributed by atoms with Gasteiger partial charge in [0.05, 0.1) is 0 Å². The molecule has 67 heavy (non-hydrogen) atoms. The van der Waals surface area contributed by atoms with Gasteiger partial charge in [-0.1, -0.05) is 214 Å². The SMILES string of the molecule is CCCCC/C=C\C/C=C\C/C=C\C/C=C\CCCC(=O)OC[C@H](COC(=O)CCCCCCCCC/C=C\CCCCCC)OC(=O)CCC/C=C\C/C=C\C/C=C\CCCCCCCC. The van der Waals surface area contributed by atoms with Crippen LogP contribution in [0.5, 0.6) is 0 Å². The van der Waals surface area contributed by atoms with Crippen LogP contribution in [0, 0.1) is 0 Å². The predicted molar refractivity (Wildman–Crippen MR) is 288 cm³/mol. The van der Waals surface area contributed by atoms with Gasteiger partial charge in [-0.25, -0.2) is 0 Å². The third-order valence-corrected chi connectivity index (χ3v) is 11.5. The maximum absolute atomic E-state index is 12.8. The Hall–Kier alpha value is -3.67. The number of rotatable bonds is 49. The average molecular weight is 931 g/mol. The molecule has 0 N–H and O–H groups in total. The van der Waals surface area contributed by atoms with Crippen LogP contribution in [0.4, 0.5) is 0 Å². The van der Waals surface area contributed by atoms with Crippen molar-refractivity contribution in [3.63, 3.8) is 0 Å². The van der Waals surface area contributed by atoms with Gasteiger partial charge >= 0.3 is 17.9 Å². The number of hydrogen-bond donors (Lipinski definition) is 0. The lowest BCUT2D eigenvalue weighted by Gasteiger charge is -2.18. The first-order valence-electron chi connectivity index (χ1n) is 27.7. The molecule has 0 radical (unpaired) electrons. The summed E-state index contributed by atoms with van der Waals surface area (Å²) in [6.45, 7) is 6.50. The molecular formula is C61H102O6. The molecule has 0 unspecified atom stereocenters. The van der Waals surface area contributed by atoms with Gasteiger partial charge in [-0.2, -0.15) is 0 Å². The molecule has 0 spiro atoms. The van der Waals surface area contributed by atoms with E-state index in [0.717, 1.165) is 64.2 Å². The minimum atomic E-state index is -0.828. The van der Waals surface area contributed by atoms with E-state index in [1.165, 1.54) is 135 Å². The Kier molecular flexibility index (Phi) is 51.9. The second-order valence-corrected chi connectivity index (χ2v) is 18.1. The van der Waals surface area contributed by atoms with Crippen LogP contribution in [-0.4, -0.2) is 37.2 Å². The lowest BCUT2D eigenvalue weighted by Crippen LogP contribution is -2.30. The molecule has 6 nitrogen and oxygen atoms in total. The van der Waals surface area contributed by atoms with Crippen molar-refractivity contribution in [1.82, 2.24) is 0 Å². The van der Waals surface area contributed by atoms with Crippen molar-refractivity contribution in [3.05, 3.63) is 97.2 Å². The molecule has 382 valence electrons. The Morgan fingerprint density at radius 1 is 0.299 bits per heavy atom. The topological polar surface area (TPSA) is 78.9 Å². The molecule has 0 aromatic rings. The van der Waals surface area contributed by atoms with Crippen molar-refractivity contribution in [2.45, 2.75) is 258 Å². The highest BCUT2D eigenvalue weighted by molar-refractivity contribution is 5.71. The smallest absolute Gasteiger partial charge is 0.306 e. The molecule has 0 aliphatic carbocycles. The Morgan fingerprint density at radius 3 is 0.955 bits per heavy atom. The van der Waals surface area contributed by atoms with E-state index in [4.69, 9.17) is 14.2 Å². The van der Waals surface area contributed by atoms with Crippen LogP contribution < -0.4 is 0 Å². The Balaban J connectivity index is 4.56. The third-order valence-electron chi connectivity index (χ3n) is 11.5. The summed E-state index contributed by atoms with van der Waals surface area (Å²) in [5.41, 5.74) is 0. The minimum Gasteiger partial charge on any atom is -0.462 e. The molecule has 0 aromatic carbocycles. The number of carbonyl (C=O) groups excluding carboxylic acids is 3. The van der Waals surface area contributed by atoms with Crippen molar-refractivity contribution in [3.8, 4) is 0 Å². The van der Waals surface area contributed by atoms with Crippen LogP contribution in [0.15, 0.2) is 97.2 Å². The van der Waals surface area contributed by atoms with Gasteiger partial charge < -0.3 is 14.2 Å². The zero-order valence-corrected chi connectivity index (χ0v) is 43.6. The third kappa shape index (κ3) is 53.2. The summed E-state index contributed by atoms with van der Waals surface area (Å²) >= 11 is 0. The summed E-state index contributed by atoms with van der Waals surface area (Å²) in [7, 11) is 0. The molecule has 0 saturated heterocycles. The fourth-order valence-corrected chi connectivity index (χ4v) is 7.33. The van der Waals surface area contributed by atoms with Crippen LogP contribution in [0.1, 0.15) is 252 Å². The van der Waals surface area contributed by atoms with Gasteiger partial charge in [-0.05, 0) is 116 Å². The van der Waals surface area contributed by atoms with Crippen LogP contribution in [0.2, 0.25) is 0 Å². The van der Waals surface area contributed by atoms with Gasteiger partial charge in [-0.3, -0.25) is 14.4 Å². The van der Waals surface area contributed by atoms with E-state index in [0.29, 0.717) is 19.3 Å².